The Balaban J connectivity index is 1.73. The fraction of sp³-hybridized carbons (Fsp3) is 0.188. The van der Waals surface area contributed by atoms with Gasteiger partial charge in [-0.1, -0.05) is 114 Å². The summed E-state index contributed by atoms with van der Waals surface area (Å²) in [5.74, 6) is -1.60. The molecule has 1 unspecified atom stereocenters. The molecule has 0 radical (unpaired) electrons. The predicted octanol–water partition coefficient (Wildman–Crippen LogP) is 6.70. The van der Waals surface area contributed by atoms with Crippen LogP contribution in [0, 0.1) is 0 Å². The smallest absolute Gasteiger partial charge is 0.326 e. The molecule has 196 valence electrons. The molecule has 38 heavy (non-hydrogen) atoms. The van der Waals surface area contributed by atoms with Crippen molar-refractivity contribution in [3.05, 3.63) is 131 Å². The summed E-state index contributed by atoms with van der Waals surface area (Å²) in [5.41, 5.74) is 4.25. The van der Waals surface area contributed by atoms with E-state index in [2.05, 4.69) is 27.8 Å². The number of benzene rings is 2. The normalized spacial score (nSPS) is 16.4. The Hall–Kier alpha value is -3.74. The zero-order valence-electron chi connectivity index (χ0n) is 21.3. The molecule has 2 N–H and O–H groups in total. The maximum atomic E-state index is 13.3. The van der Waals surface area contributed by atoms with Crippen LogP contribution >= 0.6 is 15.9 Å². The zero-order valence-corrected chi connectivity index (χ0v) is 22.9. The van der Waals surface area contributed by atoms with Crippen molar-refractivity contribution in [2.24, 2.45) is 0 Å². The van der Waals surface area contributed by atoms with Crippen molar-refractivity contribution < 1.29 is 19.4 Å². The number of amides is 1. The third kappa shape index (κ3) is 8.68. The molecule has 0 saturated heterocycles. The highest BCUT2D eigenvalue weighted by Crippen LogP contribution is 2.22. The van der Waals surface area contributed by atoms with E-state index in [0.29, 0.717) is 23.1 Å². The molecule has 2 aromatic rings. The molecule has 0 bridgehead atoms. The fourth-order valence-electron chi connectivity index (χ4n) is 3.92. The number of halogens is 1. The van der Waals surface area contributed by atoms with Crippen LogP contribution in [0.15, 0.2) is 125 Å². The summed E-state index contributed by atoms with van der Waals surface area (Å²) in [6, 6.07) is 16.5. The zero-order chi connectivity index (χ0) is 27.3. The number of nitrogens with one attached hydrogen (secondary N) is 1. The molecule has 0 aromatic heterocycles. The fourth-order valence-corrected chi connectivity index (χ4v) is 4.32. The number of carboxylic acid groups (broad SMARTS) is 1. The molecule has 1 aliphatic carbocycles. The molecular formula is C32H32BrNO4. The van der Waals surface area contributed by atoms with Crippen molar-refractivity contribution in [2.45, 2.75) is 31.9 Å². The van der Waals surface area contributed by atoms with E-state index in [-0.39, 0.29) is 6.42 Å². The second kappa shape index (κ2) is 14.9. The van der Waals surface area contributed by atoms with Crippen molar-refractivity contribution >= 4 is 27.8 Å². The Bertz CT molecular complexity index is 1270. The molecule has 0 saturated carbocycles. The van der Waals surface area contributed by atoms with Gasteiger partial charge in [0, 0.05) is 10.9 Å². The van der Waals surface area contributed by atoms with Crippen molar-refractivity contribution in [2.75, 3.05) is 6.61 Å². The van der Waals surface area contributed by atoms with Crippen molar-refractivity contribution in [3.63, 3.8) is 0 Å². The van der Waals surface area contributed by atoms with Crippen LogP contribution in [0.2, 0.25) is 0 Å². The molecule has 0 fully saturated rings. The highest BCUT2D eigenvalue weighted by molar-refractivity contribution is 9.11. The number of hydrogen-bond donors (Lipinski definition) is 2. The lowest BCUT2D eigenvalue weighted by molar-refractivity contribution is -0.141. The first-order chi connectivity index (χ1) is 18.4. The monoisotopic (exact) mass is 573 g/mol. The quantitative estimate of drug-likeness (QED) is 0.219. The second-order valence-electron chi connectivity index (χ2n) is 8.73. The van der Waals surface area contributed by atoms with E-state index in [0.717, 1.165) is 22.3 Å². The topological polar surface area (TPSA) is 75.6 Å². The first-order valence-electron chi connectivity index (χ1n) is 12.4. The average Bonchev–Trinajstić information content (AvgIpc) is 3.11. The van der Waals surface area contributed by atoms with Crippen LogP contribution in [0.1, 0.15) is 18.9 Å². The van der Waals surface area contributed by atoms with E-state index in [1.807, 2.05) is 79.7 Å². The number of hydrogen-bond acceptors (Lipinski definition) is 3. The van der Waals surface area contributed by atoms with Gasteiger partial charge in [0.2, 0.25) is 0 Å². The molecule has 2 atom stereocenters. The summed E-state index contributed by atoms with van der Waals surface area (Å²) in [7, 11) is 0. The molecule has 6 heteroatoms. The molecule has 5 nitrogen and oxygen atoms in total. The first-order valence-corrected chi connectivity index (χ1v) is 13.2. The van der Waals surface area contributed by atoms with Gasteiger partial charge in [-0.25, -0.2) is 4.79 Å². The van der Waals surface area contributed by atoms with Gasteiger partial charge in [-0.05, 0) is 47.8 Å². The molecule has 2 aromatic carbocycles. The number of carbonyl (C=O) groups is 2. The molecule has 0 aliphatic heterocycles. The third-order valence-corrected chi connectivity index (χ3v) is 6.42. The van der Waals surface area contributed by atoms with Gasteiger partial charge < -0.3 is 15.2 Å². The van der Waals surface area contributed by atoms with Gasteiger partial charge in [0.15, 0.2) is 0 Å². The average molecular weight is 575 g/mol. The van der Waals surface area contributed by atoms with Crippen LogP contribution in [0.25, 0.3) is 11.1 Å². The number of aliphatic carboxylic acids is 1. The minimum atomic E-state index is -1.11. The lowest BCUT2D eigenvalue weighted by Crippen LogP contribution is -2.44. The highest BCUT2D eigenvalue weighted by atomic mass is 79.9. The summed E-state index contributed by atoms with van der Waals surface area (Å²) in [6.07, 6.45) is 14.8. The van der Waals surface area contributed by atoms with Crippen LogP contribution in [-0.2, 0) is 20.7 Å². The Morgan fingerprint density at radius 2 is 1.84 bits per heavy atom. The van der Waals surface area contributed by atoms with Gasteiger partial charge >= 0.3 is 5.97 Å². The number of carbonyl (C=O) groups excluding carboxylic acids is 1. The third-order valence-electron chi connectivity index (χ3n) is 5.93. The van der Waals surface area contributed by atoms with E-state index in [9.17, 15) is 14.7 Å². The summed E-state index contributed by atoms with van der Waals surface area (Å²) in [6.45, 7) is 6.00. The van der Waals surface area contributed by atoms with Crippen molar-refractivity contribution in [1.82, 2.24) is 5.32 Å². The number of allylic oxidation sites excluding steroid dienone is 8. The number of rotatable bonds is 12. The summed E-state index contributed by atoms with van der Waals surface area (Å²) >= 11 is 3.44. The largest absolute Gasteiger partial charge is 0.480 e. The standard InChI is InChI=1S/C32H32BrNO4/c1-3-5-11-24(10-4-2)22-38-30-15-9-14-27(33)21-28(30)31(35)34-29(32(36)37)20-23-16-18-26(19-17-23)25-12-7-6-8-13-25/h3-10,12-19,21,29-30H,2,11,20,22H2,1H3,(H,34,35)(H,36,37)/b5-3-,24-10+/t29-,30?/m0/s1. The maximum Gasteiger partial charge on any atom is 0.326 e. The Kier molecular flexibility index (Phi) is 11.3. The molecule has 1 amide bonds. The van der Waals surface area contributed by atoms with Gasteiger partial charge in [0.1, 0.15) is 12.1 Å². The van der Waals surface area contributed by atoms with Crippen LogP contribution < -0.4 is 5.32 Å². The Labute approximate surface area is 232 Å². The molecule has 1 aliphatic rings. The number of carboxylic acids is 1. The molecule has 0 spiro atoms. The molecular weight excluding hydrogens is 542 g/mol. The summed E-state index contributed by atoms with van der Waals surface area (Å²) in [4.78, 5) is 25.4. The van der Waals surface area contributed by atoms with Crippen molar-refractivity contribution in [1.29, 1.82) is 0 Å². The lowest BCUT2D eigenvalue weighted by atomic mass is 10.00. The first kappa shape index (κ1) is 28.8. The Morgan fingerprint density at radius 3 is 2.50 bits per heavy atom. The van der Waals surface area contributed by atoms with E-state index >= 15 is 0 Å². The van der Waals surface area contributed by atoms with E-state index in [1.54, 1.807) is 30.4 Å². The predicted molar refractivity (Wildman–Crippen MR) is 157 cm³/mol. The highest BCUT2D eigenvalue weighted by Gasteiger charge is 2.27. The van der Waals surface area contributed by atoms with E-state index < -0.39 is 24.0 Å². The van der Waals surface area contributed by atoms with Crippen molar-refractivity contribution in [3.8, 4) is 11.1 Å². The number of ether oxygens (including phenoxy) is 1. The Morgan fingerprint density at radius 1 is 1.13 bits per heavy atom. The maximum absolute atomic E-state index is 13.3. The molecule has 3 rings (SSSR count). The van der Waals surface area contributed by atoms with Gasteiger partial charge in [-0.2, -0.15) is 0 Å². The summed E-state index contributed by atoms with van der Waals surface area (Å²) in [5, 5.41) is 12.6. The van der Waals surface area contributed by atoms with Gasteiger partial charge in [-0.3, -0.25) is 4.79 Å². The minimum absolute atomic E-state index is 0.150. The second-order valence-corrected chi connectivity index (χ2v) is 9.65. The van der Waals surface area contributed by atoms with Gasteiger partial charge in [0.05, 0.1) is 12.2 Å². The van der Waals surface area contributed by atoms with Crippen LogP contribution in [0.5, 0.6) is 0 Å². The van der Waals surface area contributed by atoms with Gasteiger partial charge in [-0.15, -0.1) is 0 Å². The minimum Gasteiger partial charge on any atom is -0.480 e. The van der Waals surface area contributed by atoms with E-state index in [4.69, 9.17) is 4.74 Å². The van der Waals surface area contributed by atoms with Crippen LogP contribution in [-0.4, -0.2) is 35.7 Å². The van der Waals surface area contributed by atoms with Gasteiger partial charge in [0.25, 0.3) is 5.91 Å². The molecule has 0 heterocycles. The lowest BCUT2D eigenvalue weighted by Gasteiger charge is -2.21. The van der Waals surface area contributed by atoms with Crippen LogP contribution in [0.3, 0.4) is 0 Å². The SMILES string of the molecule is C=C/C=C(\C/C=C\C)COC1C=CC=C(Br)C=C1C(=O)N[C@@H](Cc1ccc(-c2ccccc2)cc1)C(=O)O. The summed E-state index contributed by atoms with van der Waals surface area (Å²) < 4.78 is 6.79. The van der Waals surface area contributed by atoms with Crippen LogP contribution in [0.4, 0.5) is 0 Å². The van der Waals surface area contributed by atoms with E-state index in [1.165, 1.54) is 0 Å².